The highest BCUT2D eigenvalue weighted by molar-refractivity contribution is 5.66. The first-order valence-corrected chi connectivity index (χ1v) is 5.02. The average Bonchev–Trinajstić information content (AvgIpc) is 2.52. The van der Waals surface area contributed by atoms with Crippen LogP contribution in [-0.2, 0) is 19.6 Å². The fourth-order valence-corrected chi connectivity index (χ4v) is 1.75. The van der Waals surface area contributed by atoms with E-state index in [0.717, 1.165) is 4.57 Å². The van der Waals surface area contributed by atoms with Crippen molar-refractivity contribution >= 4 is 5.57 Å². The second-order valence-electron chi connectivity index (χ2n) is 3.78. The Hall–Kier alpha value is -1.40. The average molecular weight is 271 g/mol. The van der Waals surface area contributed by atoms with Crippen molar-refractivity contribution in [3.8, 4) is 0 Å². The van der Waals surface area contributed by atoms with Gasteiger partial charge in [-0.05, 0) is 12.5 Å². The van der Waals surface area contributed by atoms with Gasteiger partial charge in [0.15, 0.2) is 0 Å². The van der Waals surface area contributed by atoms with Gasteiger partial charge in [0.2, 0.25) is 0 Å². The first kappa shape index (κ1) is 14.7. The molecule has 0 amide bonds. The first-order chi connectivity index (χ1) is 8.00. The lowest BCUT2D eigenvalue weighted by Crippen LogP contribution is -2.13. The molecule has 0 bridgehead atoms. The molecule has 102 valence electrons. The monoisotopic (exact) mass is 271 g/mol. The zero-order valence-electron chi connectivity index (χ0n) is 9.71. The van der Waals surface area contributed by atoms with Crippen LogP contribution in [0.1, 0.15) is 23.9 Å². The molecule has 0 saturated heterocycles. The summed E-state index contributed by atoms with van der Waals surface area (Å²) in [5.74, 6) is 0. The molecular weight excluding hydrogens is 260 g/mol. The molecule has 1 aromatic heterocycles. The summed E-state index contributed by atoms with van der Waals surface area (Å²) in [5.41, 5.74) is -3.09. The Morgan fingerprint density at radius 1 is 1.22 bits per heavy atom. The number of allylic oxidation sites excluding steroid dienone is 1. The minimum atomic E-state index is -4.75. The van der Waals surface area contributed by atoms with Crippen LogP contribution in [0.2, 0.25) is 0 Å². The summed E-state index contributed by atoms with van der Waals surface area (Å²) in [6.07, 6.45) is -9.44. The van der Waals surface area contributed by atoms with Crippen molar-refractivity contribution in [2.75, 3.05) is 0 Å². The number of alkyl halides is 6. The van der Waals surface area contributed by atoms with Gasteiger partial charge in [-0.15, -0.1) is 0 Å². The zero-order valence-corrected chi connectivity index (χ0v) is 9.71. The summed E-state index contributed by atoms with van der Waals surface area (Å²) in [4.78, 5) is 0. The standard InChI is InChI=1S/C11H11F6N/c1-4-8-7(11(15,16)17)5-9(18(8)3)6(2)10(12,13)14/h5H,2,4H2,1,3H3. The molecular formula is C11H11F6N. The van der Waals surface area contributed by atoms with Crippen LogP contribution in [0.3, 0.4) is 0 Å². The molecule has 0 aliphatic carbocycles. The lowest BCUT2D eigenvalue weighted by Gasteiger charge is -2.12. The van der Waals surface area contributed by atoms with Crippen molar-refractivity contribution in [3.05, 3.63) is 29.6 Å². The highest BCUT2D eigenvalue weighted by atomic mass is 19.4. The van der Waals surface area contributed by atoms with Crippen molar-refractivity contribution in [1.29, 1.82) is 0 Å². The van der Waals surface area contributed by atoms with Crippen LogP contribution in [0.5, 0.6) is 0 Å². The van der Waals surface area contributed by atoms with E-state index in [1.165, 1.54) is 14.0 Å². The molecule has 0 unspecified atom stereocenters. The van der Waals surface area contributed by atoms with E-state index in [0.29, 0.717) is 6.07 Å². The van der Waals surface area contributed by atoms with Gasteiger partial charge in [-0.3, -0.25) is 0 Å². The van der Waals surface area contributed by atoms with Crippen molar-refractivity contribution in [1.82, 2.24) is 4.57 Å². The molecule has 0 saturated carbocycles. The van der Waals surface area contributed by atoms with Gasteiger partial charge < -0.3 is 4.57 Å². The fourth-order valence-electron chi connectivity index (χ4n) is 1.75. The molecule has 0 aliphatic rings. The zero-order chi connectivity index (χ0) is 14.3. The minimum Gasteiger partial charge on any atom is -0.347 e. The van der Waals surface area contributed by atoms with Gasteiger partial charge in [-0.2, -0.15) is 26.3 Å². The molecule has 0 radical (unpaired) electrons. The molecule has 1 rings (SSSR count). The number of nitrogens with zero attached hydrogens (tertiary/aromatic N) is 1. The lowest BCUT2D eigenvalue weighted by atomic mass is 10.1. The van der Waals surface area contributed by atoms with Gasteiger partial charge in [0.05, 0.1) is 16.8 Å². The Morgan fingerprint density at radius 3 is 2.00 bits per heavy atom. The van der Waals surface area contributed by atoms with Crippen LogP contribution in [-0.4, -0.2) is 10.7 Å². The summed E-state index contributed by atoms with van der Waals surface area (Å²) in [6.45, 7) is 4.26. The predicted molar refractivity (Wildman–Crippen MR) is 54.9 cm³/mol. The largest absolute Gasteiger partial charge is 0.418 e. The Morgan fingerprint density at radius 2 is 1.72 bits per heavy atom. The van der Waals surface area contributed by atoms with Crippen LogP contribution >= 0.6 is 0 Å². The Bertz CT molecular complexity index is 463. The number of rotatable bonds is 2. The second-order valence-corrected chi connectivity index (χ2v) is 3.78. The Balaban J connectivity index is 3.42. The molecule has 0 N–H and O–H groups in total. The Kier molecular flexibility index (Phi) is 3.56. The highest BCUT2D eigenvalue weighted by Crippen LogP contribution is 2.39. The van der Waals surface area contributed by atoms with Crippen LogP contribution in [0, 0.1) is 0 Å². The maximum absolute atomic E-state index is 12.7. The molecule has 1 aromatic rings. The van der Waals surface area contributed by atoms with E-state index in [-0.39, 0.29) is 12.1 Å². The number of hydrogen-bond acceptors (Lipinski definition) is 0. The predicted octanol–water partition coefficient (Wildman–Crippen LogP) is 4.18. The summed E-state index contributed by atoms with van der Waals surface area (Å²) in [7, 11) is 1.17. The summed E-state index contributed by atoms with van der Waals surface area (Å²) >= 11 is 0. The van der Waals surface area contributed by atoms with Crippen LogP contribution < -0.4 is 0 Å². The Labute approximate surface area is 99.7 Å². The van der Waals surface area contributed by atoms with E-state index in [2.05, 4.69) is 6.58 Å². The molecule has 0 aliphatic heterocycles. The topological polar surface area (TPSA) is 4.93 Å². The molecule has 18 heavy (non-hydrogen) atoms. The van der Waals surface area contributed by atoms with Gasteiger partial charge in [0.25, 0.3) is 0 Å². The van der Waals surface area contributed by atoms with Crippen molar-refractivity contribution < 1.29 is 26.3 Å². The SMILES string of the molecule is C=C(c1cc(C(F)(F)F)c(CC)n1C)C(F)(F)F. The van der Waals surface area contributed by atoms with E-state index >= 15 is 0 Å². The molecule has 0 atom stereocenters. The fraction of sp³-hybridized carbons (Fsp3) is 0.455. The third kappa shape index (κ3) is 2.54. The normalized spacial score (nSPS) is 12.9. The van der Waals surface area contributed by atoms with Gasteiger partial charge in [0, 0.05) is 12.7 Å². The van der Waals surface area contributed by atoms with Gasteiger partial charge in [-0.1, -0.05) is 13.5 Å². The summed E-state index contributed by atoms with van der Waals surface area (Å²) in [5, 5.41) is 0. The molecule has 0 spiro atoms. The van der Waals surface area contributed by atoms with Crippen LogP contribution in [0.15, 0.2) is 12.6 Å². The third-order valence-electron chi connectivity index (χ3n) is 2.65. The van der Waals surface area contributed by atoms with E-state index < -0.39 is 29.2 Å². The highest BCUT2D eigenvalue weighted by Gasteiger charge is 2.40. The van der Waals surface area contributed by atoms with Crippen LogP contribution in [0.25, 0.3) is 5.57 Å². The second kappa shape index (κ2) is 4.37. The van der Waals surface area contributed by atoms with Crippen molar-refractivity contribution in [2.24, 2.45) is 7.05 Å². The molecule has 0 aromatic carbocycles. The molecule has 1 heterocycles. The molecule has 1 nitrogen and oxygen atoms in total. The van der Waals surface area contributed by atoms with E-state index in [9.17, 15) is 26.3 Å². The smallest absolute Gasteiger partial charge is 0.347 e. The first-order valence-electron chi connectivity index (χ1n) is 5.02. The summed E-state index contributed by atoms with van der Waals surface area (Å²) in [6, 6.07) is 0.495. The minimum absolute atomic E-state index is 0.0174. The maximum atomic E-state index is 12.7. The molecule has 0 fully saturated rings. The van der Waals surface area contributed by atoms with Gasteiger partial charge in [-0.25, -0.2) is 0 Å². The van der Waals surface area contributed by atoms with Crippen molar-refractivity contribution in [2.45, 2.75) is 25.7 Å². The third-order valence-corrected chi connectivity index (χ3v) is 2.65. The van der Waals surface area contributed by atoms with Gasteiger partial charge >= 0.3 is 12.4 Å². The maximum Gasteiger partial charge on any atom is 0.418 e. The molecule has 7 heteroatoms. The number of aromatic nitrogens is 1. The van der Waals surface area contributed by atoms with E-state index in [1.54, 1.807) is 0 Å². The lowest BCUT2D eigenvalue weighted by molar-refractivity contribution is -0.138. The number of hydrogen-bond donors (Lipinski definition) is 0. The van der Waals surface area contributed by atoms with Crippen molar-refractivity contribution in [3.63, 3.8) is 0 Å². The quantitative estimate of drug-likeness (QED) is 0.711. The van der Waals surface area contributed by atoms with Crippen LogP contribution in [0.4, 0.5) is 26.3 Å². The van der Waals surface area contributed by atoms with E-state index in [4.69, 9.17) is 0 Å². The van der Waals surface area contributed by atoms with Gasteiger partial charge in [0.1, 0.15) is 0 Å². The number of halogens is 6. The van der Waals surface area contributed by atoms with E-state index in [1.807, 2.05) is 0 Å². The summed E-state index contributed by atoms with van der Waals surface area (Å²) < 4.78 is 76.3.